The Kier molecular flexibility index (Phi) is 6.45. The molecular formula is C10H18O3. The third kappa shape index (κ3) is 4.20. The van der Waals surface area contributed by atoms with Crippen molar-refractivity contribution in [3.05, 3.63) is 12.7 Å². The number of hydrogen-bond donors (Lipinski definition) is 0. The van der Waals surface area contributed by atoms with Crippen LogP contribution in [0, 0.1) is 5.92 Å². The van der Waals surface area contributed by atoms with Crippen molar-refractivity contribution in [3.63, 3.8) is 0 Å². The van der Waals surface area contributed by atoms with Gasteiger partial charge in [0.1, 0.15) is 0 Å². The van der Waals surface area contributed by atoms with Crippen LogP contribution in [0.5, 0.6) is 0 Å². The lowest BCUT2D eigenvalue weighted by Crippen LogP contribution is -2.31. The number of Topliss-reactive ketones (excluding diaryl/α,β-unsaturated/α-hetero) is 1. The number of allylic oxidation sites excluding steroid dienone is 1. The molecule has 3 heteroatoms. The summed E-state index contributed by atoms with van der Waals surface area (Å²) in [5, 5.41) is 0. The van der Waals surface area contributed by atoms with E-state index in [9.17, 15) is 4.79 Å². The van der Waals surface area contributed by atoms with E-state index in [2.05, 4.69) is 6.58 Å². The predicted octanol–water partition coefficient (Wildman–Crippen LogP) is 1.78. The topological polar surface area (TPSA) is 35.5 Å². The molecule has 13 heavy (non-hydrogen) atoms. The Labute approximate surface area is 79.7 Å². The van der Waals surface area contributed by atoms with Gasteiger partial charge in [-0.25, -0.2) is 0 Å². The fourth-order valence-corrected chi connectivity index (χ4v) is 0.846. The van der Waals surface area contributed by atoms with Crippen LogP contribution in [-0.2, 0) is 14.3 Å². The standard InChI is InChI=1S/C10H18O3/c1-5-8(4)9(11)10(12-6-2)13-7-3/h5,8,10H,1,6-7H2,2-4H3. The molecule has 0 radical (unpaired) electrons. The lowest BCUT2D eigenvalue weighted by atomic mass is 10.1. The third-order valence-corrected chi connectivity index (χ3v) is 1.67. The minimum atomic E-state index is -0.733. The molecule has 1 unspecified atom stereocenters. The molecule has 0 heterocycles. The fourth-order valence-electron chi connectivity index (χ4n) is 0.846. The Morgan fingerprint density at radius 3 is 2.15 bits per heavy atom. The van der Waals surface area contributed by atoms with E-state index in [1.165, 1.54) is 0 Å². The summed E-state index contributed by atoms with van der Waals surface area (Å²) in [5.41, 5.74) is 0. The Morgan fingerprint density at radius 1 is 1.38 bits per heavy atom. The van der Waals surface area contributed by atoms with Crippen molar-refractivity contribution in [2.75, 3.05) is 13.2 Å². The Hall–Kier alpha value is -0.670. The molecule has 0 bridgehead atoms. The number of rotatable bonds is 7. The molecular weight excluding hydrogens is 168 g/mol. The molecule has 0 aromatic rings. The lowest BCUT2D eigenvalue weighted by Gasteiger charge is -2.17. The highest BCUT2D eigenvalue weighted by Gasteiger charge is 2.22. The molecule has 0 aliphatic heterocycles. The molecule has 0 saturated heterocycles. The van der Waals surface area contributed by atoms with E-state index >= 15 is 0 Å². The monoisotopic (exact) mass is 186 g/mol. The second kappa shape index (κ2) is 6.80. The number of hydrogen-bond acceptors (Lipinski definition) is 3. The Bertz CT molecular complexity index is 160. The third-order valence-electron chi connectivity index (χ3n) is 1.67. The van der Waals surface area contributed by atoms with Gasteiger partial charge in [0.2, 0.25) is 6.29 Å². The van der Waals surface area contributed by atoms with Crippen molar-refractivity contribution in [1.29, 1.82) is 0 Å². The maximum atomic E-state index is 11.5. The first-order chi connectivity index (χ1) is 6.17. The Balaban J connectivity index is 4.17. The minimum Gasteiger partial charge on any atom is -0.346 e. The van der Waals surface area contributed by atoms with Crippen LogP contribution in [0.1, 0.15) is 20.8 Å². The van der Waals surface area contributed by atoms with Crippen molar-refractivity contribution in [1.82, 2.24) is 0 Å². The summed E-state index contributed by atoms with van der Waals surface area (Å²) < 4.78 is 10.3. The molecule has 3 nitrogen and oxygen atoms in total. The van der Waals surface area contributed by atoms with Gasteiger partial charge in [0.05, 0.1) is 0 Å². The predicted molar refractivity (Wildman–Crippen MR) is 51.4 cm³/mol. The molecule has 0 saturated carbocycles. The number of carbonyl (C=O) groups is 1. The molecule has 0 spiro atoms. The molecule has 0 aromatic heterocycles. The first kappa shape index (κ1) is 12.3. The summed E-state index contributed by atoms with van der Waals surface area (Å²) in [6, 6.07) is 0. The normalized spacial score (nSPS) is 12.9. The van der Waals surface area contributed by atoms with Crippen LogP contribution < -0.4 is 0 Å². The van der Waals surface area contributed by atoms with Crippen LogP contribution in [0.15, 0.2) is 12.7 Å². The minimum absolute atomic E-state index is 0.0706. The van der Waals surface area contributed by atoms with E-state index in [1.54, 1.807) is 13.0 Å². The first-order valence-corrected chi connectivity index (χ1v) is 4.56. The average molecular weight is 186 g/mol. The van der Waals surface area contributed by atoms with Crippen LogP contribution in [-0.4, -0.2) is 25.3 Å². The molecule has 0 N–H and O–H groups in total. The zero-order valence-electron chi connectivity index (χ0n) is 8.58. The van der Waals surface area contributed by atoms with Gasteiger partial charge in [0, 0.05) is 19.1 Å². The number of ether oxygens (including phenoxy) is 2. The van der Waals surface area contributed by atoms with Gasteiger partial charge in [-0.05, 0) is 13.8 Å². The zero-order chi connectivity index (χ0) is 10.3. The van der Waals surface area contributed by atoms with Gasteiger partial charge in [-0.3, -0.25) is 4.79 Å². The molecule has 0 aromatic carbocycles. The largest absolute Gasteiger partial charge is 0.346 e. The van der Waals surface area contributed by atoms with Crippen molar-refractivity contribution in [3.8, 4) is 0 Å². The number of ketones is 1. The zero-order valence-corrected chi connectivity index (χ0v) is 8.58. The fraction of sp³-hybridized carbons (Fsp3) is 0.700. The summed E-state index contributed by atoms with van der Waals surface area (Å²) in [6.45, 7) is 9.94. The molecule has 1 atom stereocenters. The summed E-state index contributed by atoms with van der Waals surface area (Å²) in [7, 11) is 0. The van der Waals surface area contributed by atoms with Gasteiger partial charge < -0.3 is 9.47 Å². The van der Waals surface area contributed by atoms with Gasteiger partial charge >= 0.3 is 0 Å². The summed E-state index contributed by atoms with van der Waals surface area (Å²) in [4.78, 5) is 11.5. The summed E-state index contributed by atoms with van der Waals surface area (Å²) in [6.07, 6.45) is 0.857. The van der Waals surface area contributed by atoms with Gasteiger partial charge in [0.25, 0.3) is 0 Å². The summed E-state index contributed by atoms with van der Waals surface area (Å²) in [5.74, 6) is -0.290. The van der Waals surface area contributed by atoms with E-state index in [0.717, 1.165) is 0 Å². The second-order valence-corrected chi connectivity index (χ2v) is 2.67. The molecule has 0 aliphatic carbocycles. The molecule has 0 rings (SSSR count). The highest BCUT2D eigenvalue weighted by atomic mass is 16.7. The SMILES string of the molecule is C=CC(C)C(=O)C(OCC)OCC. The highest BCUT2D eigenvalue weighted by Crippen LogP contribution is 2.06. The Morgan fingerprint density at radius 2 is 1.85 bits per heavy atom. The van der Waals surface area contributed by atoms with Crippen LogP contribution in [0.3, 0.4) is 0 Å². The first-order valence-electron chi connectivity index (χ1n) is 4.56. The highest BCUT2D eigenvalue weighted by molar-refractivity contribution is 5.85. The maximum absolute atomic E-state index is 11.5. The van der Waals surface area contributed by atoms with Gasteiger partial charge in [-0.1, -0.05) is 13.0 Å². The quantitative estimate of drug-likeness (QED) is 0.449. The summed E-state index contributed by atoms with van der Waals surface area (Å²) >= 11 is 0. The van der Waals surface area contributed by atoms with Crippen molar-refractivity contribution in [2.45, 2.75) is 27.1 Å². The van der Waals surface area contributed by atoms with E-state index in [4.69, 9.17) is 9.47 Å². The second-order valence-electron chi connectivity index (χ2n) is 2.67. The number of carbonyl (C=O) groups excluding carboxylic acids is 1. The van der Waals surface area contributed by atoms with Crippen LogP contribution in [0.25, 0.3) is 0 Å². The molecule has 0 fully saturated rings. The molecule has 76 valence electrons. The smallest absolute Gasteiger partial charge is 0.218 e. The van der Waals surface area contributed by atoms with Gasteiger partial charge in [0.15, 0.2) is 5.78 Å². The van der Waals surface area contributed by atoms with Crippen molar-refractivity contribution >= 4 is 5.78 Å². The van der Waals surface area contributed by atoms with Gasteiger partial charge in [-0.2, -0.15) is 0 Å². The van der Waals surface area contributed by atoms with E-state index in [0.29, 0.717) is 13.2 Å². The molecule has 0 aliphatic rings. The van der Waals surface area contributed by atoms with E-state index < -0.39 is 6.29 Å². The van der Waals surface area contributed by atoms with E-state index in [-0.39, 0.29) is 11.7 Å². The van der Waals surface area contributed by atoms with Gasteiger partial charge in [-0.15, -0.1) is 6.58 Å². The maximum Gasteiger partial charge on any atom is 0.218 e. The lowest BCUT2D eigenvalue weighted by molar-refractivity contribution is -0.170. The van der Waals surface area contributed by atoms with Crippen LogP contribution in [0.4, 0.5) is 0 Å². The van der Waals surface area contributed by atoms with Crippen molar-refractivity contribution < 1.29 is 14.3 Å². The van der Waals surface area contributed by atoms with Crippen LogP contribution >= 0.6 is 0 Å². The average Bonchev–Trinajstić information content (AvgIpc) is 2.15. The molecule has 0 amide bonds. The van der Waals surface area contributed by atoms with Crippen molar-refractivity contribution in [2.24, 2.45) is 5.92 Å². The van der Waals surface area contributed by atoms with Crippen LogP contribution in [0.2, 0.25) is 0 Å². The van der Waals surface area contributed by atoms with E-state index in [1.807, 2.05) is 13.8 Å².